The Kier molecular flexibility index (Phi) is 3.97. The van der Waals surface area contributed by atoms with Crippen molar-refractivity contribution in [2.45, 2.75) is 16.7 Å². The van der Waals surface area contributed by atoms with E-state index in [1.54, 1.807) is 6.92 Å². The topological polar surface area (TPSA) is 86.3 Å². The lowest BCUT2D eigenvalue weighted by atomic mass is 10.4. The van der Waals surface area contributed by atoms with E-state index in [1.807, 2.05) is 0 Å². The van der Waals surface area contributed by atoms with E-state index in [9.17, 15) is 17.2 Å². The highest BCUT2D eigenvalue weighted by molar-refractivity contribution is 7.89. The molecule has 0 saturated heterocycles. The molecule has 0 aliphatic carbocycles. The number of benzene rings is 1. The van der Waals surface area contributed by atoms with E-state index in [0.29, 0.717) is 0 Å². The van der Waals surface area contributed by atoms with Gasteiger partial charge in [-0.1, -0.05) is 6.92 Å². The summed E-state index contributed by atoms with van der Waals surface area (Å²) in [6.45, 7) is 1.95. The van der Waals surface area contributed by atoms with Crippen molar-refractivity contribution in [3.8, 4) is 0 Å². The molecule has 1 atom stereocenters. The van der Waals surface area contributed by atoms with Crippen LogP contribution in [-0.2, 0) is 21.1 Å². The molecule has 0 bridgehead atoms. The van der Waals surface area contributed by atoms with E-state index in [0.717, 1.165) is 0 Å². The van der Waals surface area contributed by atoms with E-state index >= 15 is 0 Å². The lowest BCUT2D eigenvalue weighted by Crippen LogP contribution is -2.23. The van der Waals surface area contributed by atoms with Gasteiger partial charge in [-0.15, -0.1) is 0 Å². The average Bonchev–Trinajstić information content (AvgIpc) is 2.18. The lowest BCUT2D eigenvalue weighted by molar-refractivity contribution is 0.536. The van der Waals surface area contributed by atoms with Crippen molar-refractivity contribution in [1.82, 2.24) is 4.72 Å². The van der Waals surface area contributed by atoms with Crippen LogP contribution in [0.2, 0.25) is 0 Å². The molecule has 1 rings (SSSR count). The second-order valence-corrected chi connectivity index (χ2v) is 5.42. The Labute approximate surface area is 90.8 Å². The average molecular weight is 248 g/mol. The SMILES string of the molecule is CCNS(=O)(=O)c1ccc(S(=O)[O-])cc1. The highest BCUT2D eigenvalue weighted by Crippen LogP contribution is 2.11. The van der Waals surface area contributed by atoms with E-state index in [1.165, 1.54) is 24.3 Å². The summed E-state index contributed by atoms with van der Waals surface area (Å²) in [5.41, 5.74) is 0. The molecule has 84 valence electrons. The predicted molar refractivity (Wildman–Crippen MR) is 54.5 cm³/mol. The van der Waals surface area contributed by atoms with Gasteiger partial charge in [0.25, 0.3) is 0 Å². The van der Waals surface area contributed by atoms with Crippen molar-refractivity contribution in [3.05, 3.63) is 24.3 Å². The van der Waals surface area contributed by atoms with Crippen LogP contribution in [0.3, 0.4) is 0 Å². The normalized spacial score (nSPS) is 13.7. The Morgan fingerprint density at radius 3 is 2.27 bits per heavy atom. The monoisotopic (exact) mass is 248 g/mol. The molecule has 0 amide bonds. The molecule has 0 spiro atoms. The minimum atomic E-state index is -3.50. The van der Waals surface area contributed by atoms with Gasteiger partial charge in [-0.25, -0.2) is 13.1 Å². The third-order valence-electron chi connectivity index (χ3n) is 1.66. The predicted octanol–water partition coefficient (Wildman–Crippen LogP) is 0.223. The first-order chi connectivity index (χ1) is 6.97. The Bertz CT molecular complexity index is 452. The molecule has 5 nitrogen and oxygen atoms in total. The van der Waals surface area contributed by atoms with Gasteiger partial charge in [-0.3, -0.25) is 4.21 Å². The highest BCUT2D eigenvalue weighted by Gasteiger charge is 2.11. The maximum atomic E-state index is 11.4. The Morgan fingerprint density at radius 1 is 1.33 bits per heavy atom. The minimum absolute atomic E-state index is 0.0542. The van der Waals surface area contributed by atoms with E-state index in [2.05, 4.69) is 4.72 Å². The van der Waals surface area contributed by atoms with Crippen LogP contribution in [0.1, 0.15) is 6.92 Å². The van der Waals surface area contributed by atoms with Crippen molar-refractivity contribution in [2.75, 3.05) is 6.54 Å². The van der Waals surface area contributed by atoms with Crippen LogP contribution in [0.15, 0.2) is 34.1 Å². The number of nitrogens with one attached hydrogen (secondary N) is 1. The quantitative estimate of drug-likeness (QED) is 0.772. The summed E-state index contributed by atoms with van der Waals surface area (Å²) in [7, 11) is -3.50. The summed E-state index contributed by atoms with van der Waals surface area (Å²) in [5, 5.41) is 0. The van der Waals surface area contributed by atoms with Gasteiger partial charge < -0.3 is 4.55 Å². The summed E-state index contributed by atoms with van der Waals surface area (Å²) in [6, 6.07) is 4.99. The maximum Gasteiger partial charge on any atom is 0.240 e. The van der Waals surface area contributed by atoms with Crippen molar-refractivity contribution in [3.63, 3.8) is 0 Å². The molecule has 0 heterocycles. The van der Waals surface area contributed by atoms with E-state index < -0.39 is 21.1 Å². The molecular formula is C8H10NO4S2-. The smallest absolute Gasteiger partial charge is 0.240 e. The van der Waals surface area contributed by atoms with Crippen molar-refractivity contribution in [2.24, 2.45) is 0 Å². The zero-order valence-corrected chi connectivity index (χ0v) is 9.60. The van der Waals surface area contributed by atoms with Gasteiger partial charge in [0.2, 0.25) is 10.0 Å². The molecule has 1 aromatic rings. The summed E-state index contributed by atoms with van der Waals surface area (Å²) in [5.74, 6) is 0. The van der Waals surface area contributed by atoms with Crippen LogP contribution in [0, 0.1) is 0 Å². The fourth-order valence-corrected chi connectivity index (χ4v) is 2.40. The third kappa shape index (κ3) is 3.10. The van der Waals surface area contributed by atoms with Crippen LogP contribution in [0.25, 0.3) is 0 Å². The van der Waals surface area contributed by atoms with Crippen molar-refractivity contribution < 1.29 is 17.2 Å². The largest absolute Gasteiger partial charge is 0.768 e. The Morgan fingerprint density at radius 2 is 1.87 bits per heavy atom. The third-order valence-corrected chi connectivity index (χ3v) is 3.88. The highest BCUT2D eigenvalue weighted by atomic mass is 32.2. The molecule has 0 radical (unpaired) electrons. The summed E-state index contributed by atoms with van der Waals surface area (Å²) >= 11 is -2.33. The van der Waals surface area contributed by atoms with Crippen molar-refractivity contribution in [1.29, 1.82) is 0 Å². The number of sulfonamides is 1. The number of hydrogen-bond donors (Lipinski definition) is 1. The van der Waals surface area contributed by atoms with Crippen LogP contribution in [0.4, 0.5) is 0 Å². The van der Waals surface area contributed by atoms with E-state index in [-0.39, 0.29) is 16.3 Å². The second kappa shape index (κ2) is 4.84. The van der Waals surface area contributed by atoms with Crippen LogP contribution in [0.5, 0.6) is 0 Å². The molecule has 0 aliphatic rings. The molecule has 0 saturated carbocycles. The van der Waals surface area contributed by atoms with Crippen LogP contribution < -0.4 is 4.72 Å². The van der Waals surface area contributed by atoms with Crippen LogP contribution >= 0.6 is 0 Å². The van der Waals surface area contributed by atoms with Crippen molar-refractivity contribution >= 4 is 21.1 Å². The summed E-state index contributed by atoms with van der Waals surface area (Å²) in [4.78, 5) is 0.115. The molecule has 0 fully saturated rings. The zero-order chi connectivity index (χ0) is 11.5. The van der Waals surface area contributed by atoms with Gasteiger partial charge in [0, 0.05) is 11.4 Å². The van der Waals surface area contributed by atoms with Crippen LogP contribution in [-0.4, -0.2) is 23.7 Å². The Balaban J connectivity index is 3.04. The molecule has 1 unspecified atom stereocenters. The number of rotatable bonds is 4. The fourth-order valence-electron chi connectivity index (χ4n) is 1.00. The number of hydrogen-bond acceptors (Lipinski definition) is 4. The summed E-state index contributed by atoms with van der Waals surface area (Å²) < 4.78 is 46.2. The Hall–Kier alpha value is -0.760. The zero-order valence-electron chi connectivity index (χ0n) is 7.97. The summed E-state index contributed by atoms with van der Waals surface area (Å²) in [6.07, 6.45) is 0. The molecule has 1 aromatic carbocycles. The molecule has 0 aromatic heterocycles. The minimum Gasteiger partial charge on any atom is -0.768 e. The maximum absolute atomic E-state index is 11.4. The van der Waals surface area contributed by atoms with Gasteiger partial charge in [0.15, 0.2) is 0 Å². The molecule has 1 N–H and O–H groups in total. The van der Waals surface area contributed by atoms with Gasteiger partial charge in [-0.2, -0.15) is 0 Å². The van der Waals surface area contributed by atoms with E-state index in [4.69, 9.17) is 0 Å². The first kappa shape index (κ1) is 12.3. The van der Waals surface area contributed by atoms with Gasteiger partial charge in [0.1, 0.15) is 0 Å². The molecule has 0 aliphatic heterocycles. The first-order valence-electron chi connectivity index (χ1n) is 4.16. The standard InChI is InChI=1S/C8H11NO4S2/c1-2-9-15(12,13)8-5-3-7(4-6-8)14(10)11/h3-6,9H,2H2,1H3,(H,10,11)/p-1. The lowest BCUT2D eigenvalue weighted by Gasteiger charge is -2.07. The molecule has 7 heteroatoms. The van der Waals surface area contributed by atoms with Gasteiger partial charge in [-0.05, 0) is 35.3 Å². The fraction of sp³-hybridized carbons (Fsp3) is 0.250. The molecular weight excluding hydrogens is 238 g/mol. The first-order valence-corrected chi connectivity index (χ1v) is 6.72. The second-order valence-electron chi connectivity index (χ2n) is 2.71. The van der Waals surface area contributed by atoms with Gasteiger partial charge >= 0.3 is 0 Å². The molecule has 15 heavy (non-hydrogen) atoms. The van der Waals surface area contributed by atoms with Gasteiger partial charge in [0.05, 0.1) is 4.90 Å².